The highest BCUT2D eigenvalue weighted by Gasteiger charge is 2.33. The molecule has 0 aromatic heterocycles. The maximum Gasteiger partial charge on any atom is 0.415 e. The number of alkyl carbamates (subject to hydrolysis) is 1. The van der Waals surface area contributed by atoms with Crippen LogP contribution in [-0.2, 0) is 14.3 Å². The molecule has 0 radical (unpaired) electrons. The van der Waals surface area contributed by atoms with Crippen molar-refractivity contribution >= 4 is 23.8 Å². The van der Waals surface area contributed by atoms with Gasteiger partial charge in [0.05, 0.1) is 6.61 Å². The molecular weight excluding hydrogens is 252 g/mol. The summed E-state index contributed by atoms with van der Waals surface area (Å²) in [5.41, 5.74) is 1.05. The minimum atomic E-state index is -0.941. The van der Waals surface area contributed by atoms with Crippen LogP contribution in [0, 0.1) is 0 Å². The van der Waals surface area contributed by atoms with Gasteiger partial charge in [-0.1, -0.05) is 12.1 Å². The molecule has 1 aromatic carbocycles. The highest BCUT2D eigenvalue weighted by atomic mass is 16.6. The van der Waals surface area contributed by atoms with Crippen molar-refractivity contribution in [2.24, 2.45) is 0 Å². The van der Waals surface area contributed by atoms with Crippen LogP contribution in [0.1, 0.15) is 18.6 Å². The van der Waals surface area contributed by atoms with Gasteiger partial charge in [0.1, 0.15) is 0 Å². The third kappa shape index (κ3) is 3.01. The smallest absolute Gasteiger partial charge is 0.415 e. The Morgan fingerprint density at radius 3 is 2.58 bits per heavy atom. The molecule has 1 heterocycles. The van der Waals surface area contributed by atoms with Gasteiger partial charge in [0, 0.05) is 11.3 Å². The molecule has 1 saturated heterocycles. The van der Waals surface area contributed by atoms with E-state index in [-0.39, 0.29) is 6.61 Å². The second kappa shape index (κ2) is 5.38. The standard InChI is InChI=1S/C12H12N2O5/c1-2-18-11(16)13-8-5-3-7(4-6-8)9-10(15)14-12(17)19-9/h3-6,9H,2H2,1H3,(H,13,16)(H,14,15,17). The molecule has 1 aliphatic rings. The first-order valence-electron chi connectivity index (χ1n) is 5.65. The number of rotatable bonds is 3. The number of hydrogen-bond acceptors (Lipinski definition) is 5. The van der Waals surface area contributed by atoms with Crippen LogP contribution < -0.4 is 10.6 Å². The molecular formula is C12H12N2O5. The zero-order chi connectivity index (χ0) is 13.8. The van der Waals surface area contributed by atoms with E-state index in [0.717, 1.165) is 0 Å². The van der Waals surface area contributed by atoms with E-state index in [1.165, 1.54) is 0 Å². The van der Waals surface area contributed by atoms with Crippen molar-refractivity contribution in [1.82, 2.24) is 5.32 Å². The number of carbonyl (C=O) groups excluding carboxylic acids is 3. The Labute approximate surface area is 108 Å². The van der Waals surface area contributed by atoms with E-state index in [1.54, 1.807) is 31.2 Å². The van der Waals surface area contributed by atoms with Gasteiger partial charge in [-0.05, 0) is 19.1 Å². The van der Waals surface area contributed by atoms with Crippen molar-refractivity contribution in [3.63, 3.8) is 0 Å². The van der Waals surface area contributed by atoms with Crippen molar-refractivity contribution in [3.8, 4) is 0 Å². The Morgan fingerprint density at radius 1 is 1.37 bits per heavy atom. The average molecular weight is 264 g/mol. The minimum absolute atomic E-state index is 0.280. The maximum atomic E-state index is 11.4. The lowest BCUT2D eigenvalue weighted by Gasteiger charge is -2.08. The van der Waals surface area contributed by atoms with E-state index < -0.39 is 24.2 Å². The molecule has 100 valence electrons. The van der Waals surface area contributed by atoms with Crippen LogP contribution in [0.4, 0.5) is 15.3 Å². The molecule has 0 spiro atoms. The fourth-order valence-electron chi connectivity index (χ4n) is 1.60. The van der Waals surface area contributed by atoms with Gasteiger partial charge in [0.25, 0.3) is 5.91 Å². The summed E-state index contributed by atoms with van der Waals surface area (Å²) in [4.78, 5) is 33.5. The topological polar surface area (TPSA) is 93.7 Å². The van der Waals surface area contributed by atoms with Crippen molar-refractivity contribution in [1.29, 1.82) is 0 Å². The molecule has 1 aliphatic heterocycles. The summed E-state index contributed by atoms with van der Waals surface area (Å²) >= 11 is 0. The summed E-state index contributed by atoms with van der Waals surface area (Å²) in [6.45, 7) is 1.98. The molecule has 1 unspecified atom stereocenters. The van der Waals surface area contributed by atoms with Crippen molar-refractivity contribution < 1.29 is 23.9 Å². The van der Waals surface area contributed by atoms with Crippen molar-refractivity contribution in [2.45, 2.75) is 13.0 Å². The number of carbonyl (C=O) groups is 3. The number of cyclic esters (lactones) is 1. The van der Waals surface area contributed by atoms with Crippen LogP contribution in [0.5, 0.6) is 0 Å². The number of nitrogens with one attached hydrogen (secondary N) is 2. The maximum absolute atomic E-state index is 11.4. The molecule has 1 atom stereocenters. The lowest BCUT2D eigenvalue weighted by atomic mass is 10.1. The molecule has 19 heavy (non-hydrogen) atoms. The fourth-order valence-corrected chi connectivity index (χ4v) is 1.60. The molecule has 1 aromatic rings. The monoisotopic (exact) mass is 264 g/mol. The zero-order valence-electron chi connectivity index (χ0n) is 10.1. The molecule has 7 nitrogen and oxygen atoms in total. The normalized spacial score (nSPS) is 17.6. The third-order valence-electron chi connectivity index (χ3n) is 2.42. The number of benzene rings is 1. The van der Waals surface area contributed by atoms with Crippen molar-refractivity contribution in [2.75, 3.05) is 11.9 Å². The Morgan fingerprint density at radius 2 is 2.05 bits per heavy atom. The molecule has 7 heteroatoms. The van der Waals surface area contributed by atoms with E-state index in [0.29, 0.717) is 11.3 Å². The van der Waals surface area contributed by atoms with Crippen molar-refractivity contribution in [3.05, 3.63) is 29.8 Å². The number of ether oxygens (including phenoxy) is 2. The summed E-state index contributed by atoms with van der Waals surface area (Å²) in [5.74, 6) is -0.504. The van der Waals surface area contributed by atoms with Gasteiger partial charge < -0.3 is 9.47 Å². The molecule has 0 bridgehead atoms. The van der Waals surface area contributed by atoms with Crippen LogP contribution in [0.2, 0.25) is 0 Å². The van der Waals surface area contributed by atoms with Gasteiger partial charge in [-0.15, -0.1) is 0 Å². The zero-order valence-corrected chi connectivity index (χ0v) is 10.1. The van der Waals surface area contributed by atoms with Gasteiger partial charge in [-0.3, -0.25) is 15.4 Å². The molecule has 2 rings (SSSR count). The first kappa shape index (κ1) is 12.9. The Hall–Kier alpha value is -2.57. The van der Waals surface area contributed by atoms with Crippen LogP contribution >= 0.6 is 0 Å². The van der Waals surface area contributed by atoms with Crippen LogP contribution in [-0.4, -0.2) is 24.7 Å². The van der Waals surface area contributed by atoms with E-state index >= 15 is 0 Å². The van der Waals surface area contributed by atoms with Gasteiger partial charge >= 0.3 is 12.2 Å². The lowest BCUT2D eigenvalue weighted by molar-refractivity contribution is -0.123. The predicted octanol–water partition coefficient (Wildman–Crippen LogP) is 1.56. The van der Waals surface area contributed by atoms with Gasteiger partial charge in [-0.2, -0.15) is 0 Å². The molecule has 0 aliphatic carbocycles. The molecule has 3 amide bonds. The Kier molecular flexibility index (Phi) is 3.65. The molecule has 0 saturated carbocycles. The first-order chi connectivity index (χ1) is 9.10. The third-order valence-corrected chi connectivity index (χ3v) is 2.42. The second-order valence-electron chi connectivity index (χ2n) is 3.74. The van der Waals surface area contributed by atoms with Gasteiger partial charge in [-0.25, -0.2) is 9.59 Å². The SMILES string of the molecule is CCOC(=O)Nc1ccc(C2OC(=O)NC2=O)cc1. The Balaban J connectivity index is 2.04. The minimum Gasteiger partial charge on any atom is -0.450 e. The highest BCUT2D eigenvalue weighted by Crippen LogP contribution is 2.23. The van der Waals surface area contributed by atoms with E-state index in [1.807, 2.05) is 5.32 Å². The number of hydrogen-bond donors (Lipinski definition) is 2. The summed E-state index contributed by atoms with van der Waals surface area (Å²) in [6.07, 6.45) is -2.26. The van der Waals surface area contributed by atoms with Crippen LogP contribution in [0.3, 0.4) is 0 Å². The highest BCUT2D eigenvalue weighted by molar-refractivity contribution is 6.00. The van der Waals surface area contributed by atoms with Gasteiger partial charge in [0.2, 0.25) is 6.10 Å². The Bertz CT molecular complexity index is 511. The largest absolute Gasteiger partial charge is 0.450 e. The second-order valence-corrected chi connectivity index (χ2v) is 3.74. The fraction of sp³-hybridized carbons (Fsp3) is 0.250. The van der Waals surface area contributed by atoms with Crippen LogP contribution in [0.25, 0.3) is 0 Å². The summed E-state index contributed by atoms with van der Waals surface area (Å²) in [5, 5.41) is 4.55. The van der Waals surface area contributed by atoms with Crippen LogP contribution in [0.15, 0.2) is 24.3 Å². The lowest BCUT2D eigenvalue weighted by Crippen LogP contribution is -2.20. The summed E-state index contributed by atoms with van der Waals surface area (Å²) in [7, 11) is 0. The van der Waals surface area contributed by atoms with E-state index in [2.05, 4.69) is 5.32 Å². The van der Waals surface area contributed by atoms with E-state index in [9.17, 15) is 14.4 Å². The van der Waals surface area contributed by atoms with E-state index in [4.69, 9.17) is 9.47 Å². The summed E-state index contributed by atoms with van der Waals surface area (Å²) < 4.78 is 9.53. The number of anilines is 1. The molecule has 1 fully saturated rings. The number of imide groups is 1. The quantitative estimate of drug-likeness (QED) is 0.864. The average Bonchev–Trinajstić information content (AvgIpc) is 2.70. The summed E-state index contributed by atoms with van der Waals surface area (Å²) in [6, 6.07) is 6.35. The predicted molar refractivity (Wildman–Crippen MR) is 64.5 cm³/mol. The van der Waals surface area contributed by atoms with Gasteiger partial charge in [0.15, 0.2) is 0 Å². The molecule has 2 N–H and O–H groups in total. The number of amides is 3. The first-order valence-corrected chi connectivity index (χ1v) is 5.65.